The van der Waals surface area contributed by atoms with Crippen LogP contribution in [0.25, 0.3) is 11.1 Å². The third kappa shape index (κ3) is 4.03. The Morgan fingerprint density at radius 3 is 2.54 bits per heavy atom. The molecule has 2 aromatic carbocycles. The minimum Gasteiger partial charge on any atom is -0.496 e. The third-order valence-corrected chi connectivity index (χ3v) is 4.57. The Hall–Kier alpha value is -2.85. The highest BCUT2D eigenvalue weighted by Crippen LogP contribution is 2.30. The summed E-state index contributed by atoms with van der Waals surface area (Å²) in [6.07, 6.45) is 1.84. The number of rotatable bonds is 6. The van der Waals surface area contributed by atoms with Gasteiger partial charge in [0.15, 0.2) is 0 Å². The van der Waals surface area contributed by atoms with Crippen molar-refractivity contribution in [3.8, 4) is 16.9 Å². The molecule has 1 heterocycles. The van der Waals surface area contributed by atoms with E-state index in [1.54, 1.807) is 24.8 Å². The van der Waals surface area contributed by atoms with E-state index in [-0.39, 0.29) is 11.6 Å². The summed E-state index contributed by atoms with van der Waals surface area (Å²) in [5.41, 5.74) is 4.34. The molecular formula is C22H24N2O2. The first-order valence-corrected chi connectivity index (χ1v) is 8.71. The molecule has 0 spiro atoms. The maximum atomic E-state index is 11.7. The van der Waals surface area contributed by atoms with Crippen molar-refractivity contribution in [2.75, 3.05) is 7.11 Å². The maximum absolute atomic E-state index is 11.7. The first kappa shape index (κ1) is 18.0. The van der Waals surface area contributed by atoms with Crippen LogP contribution in [0.15, 0.2) is 71.7 Å². The number of hydrogen-bond acceptors (Lipinski definition) is 3. The van der Waals surface area contributed by atoms with Gasteiger partial charge in [-0.2, -0.15) is 0 Å². The summed E-state index contributed by atoms with van der Waals surface area (Å²) in [6.45, 7) is 2.91. The quantitative estimate of drug-likeness (QED) is 0.734. The maximum Gasteiger partial charge on any atom is 0.250 e. The predicted molar refractivity (Wildman–Crippen MR) is 105 cm³/mol. The van der Waals surface area contributed by atoms with E-state index in [9.17, 15) is 4.79 Å². The third-order valence-electron chi connectivity index (χ3n) is 4.57. The molecule has 3 rings (SSSR count). The van der Waals surface area contributed by atoms with Crippen LogP contribution in [-0.2, 0) is 13.6 Å². The van der Waals surface area contributed by atoms with Gasteiger partial charge >= 0.3 is 0 Å². The largest absolute Gasteiger partial charge is 0.496 e. The molecule has 4 heteroatoms. The van der Waals surface area contributed by atoms with E-state index in [1.165, 1.54) is 5.56 Å². The summed E-state index contributed by atoms with van der Waals surface area (Å²) in [4.78, 5) is 11.7. The van der Waals surface area contributed by atoms with Crippen LogP contribution < -0.4 is 15.6 Å². The Labute approximate surface area is 154 Å². The highest BCUT2D eigenvalue weighted by Gasteiger charge is 2.10. The van der Waals surface area contributed by atoms with Crippen LogP contribution in [0, 0.1) is 0 Å². The van der Waals surface area contributed by atoms with E-state index in [2.05, 4.69) is 48.6 Å². The SMILES string of the molecule is COc1ccc(CN[C@H](C)c2ccccc2)cc1-c1ccc(=O)n(C)c1. The molecule has 0 amide bonds. The van der Waals surface area contributed by atoms with Gasteiger partial charge in [0.05, 0.1) is 7.11 Å². The van der Waals surface area contributed by atoms with Crippen molar-refractivity contribution in [2.45, 2.75) is 19.5 Å². The van der Waals surface area contributed by atoms with Crippen LogP contribution >= 0.6 is 0 Å². The van der Waals surface area contributed by atoms with Crippen LogP contribution in [0.4, 0.5) is 0 Å². The number of hydrogen-bond donors (Lipinski definition) is 1. The summed E-state index contributed by atoms with van der Waals surface area (Å²) < 4.78 is 7.09. The van der Waals surface area contributed by atoms with Crippen LogP contribution in [-0.4, -0.2) is 11.7 Å². The summed E-state index contributed by atoms with van der Waals surface area (Å²) >= 11 is 0. The first-order valence-electron chi connectivity index (χ1n) is 8.71. The lowest BCUT2D eigenvalue weighted by atomic mass is 10.0. The van der Waals surface area contributed by atoms with Crippen LogP contribution in [0.5, 0.6) is 5.75 Å². The molecule has 1 atom stereocenters. The summed E-state index contributed by atoms with van der Waals surface area (Å²) in [6, 6.07) is 20.2. The molecule has 4 nitrogen and oxygen atoms in total. The van der Waals surface area contributed by atoms with E-state index in [1.807, 2.05) is 24.4 Å². The first-order chi connectivity index (χ1) is 12.6. The summed E-state index contributed by atoms with van der Waals surface area (Å²) in [5.74, 6) is 0.795. The fraction of sp³-hybridized carbons (Fsp3) is 0.227. The molecule has 0 fully saturated rings. The highest BCUT2D eigenvalue weighted by atomic mass is 16.5. The summed E-state index contributed by atoms with van der Waals surface area (Å²) in [7, 11) is 3.42. The molecule has 0 aliphatic heterocycles. The molecule has 3 aromatic rings. The second-order valence-electron chi connectivity index (χ2n) is 6.41. The van der Waals surface area contributed by atoms with Gasteiger partial charge in [-0.15, -0.1) is 0 Å². The Kier molecular flexibility index (Phi) is 5.54. The Balaban J connectivity index is 1.83. The number of ether oxygens (including phenoxy) is 1. The normalized spacial score (nSPS) is 12.0. The van der Waals surface area contributed by atoms with Gasteiger partial charge < -0.3 is 14.6 Å². The number of methoxy groups -OCH3 is 1. The van der Waals surface area contributed by atoms with Gasteiger partial charge in [0, 0.05) is 43.0 Å². The molecule has 0 unspecified atom stereocenters. The molecule has 0 aliphatic carbocycles. The van der Waals surface area contributed by atoms with E-state index >= 15 is 0 Å². The second-order valence-corrected chi connectivity index (χ2v) is 6.41. The van der Waals surface area contributed by atoms with E-state index in [0.29, 0.717) is 0 Å². The lowest BCUT2D eigenvalue weighted by molar-refractivity contribution is 0.416. The minimum atomic E-state index is -0.0257. The fourth-order valence-corrected chi connectivity index (χ4v) is 2.97. The molecule has 0 bridgehead atoms. The second kappa shape index (κ2) is 8.02. The Morgan fingerprint density at radius 2 is 1.85 bits per heavy atom. The van der Waals surface area contributed by atoms with Gasteiger partial charge in [-0.05, 0) is 36.2 Å². The molecule has 26 heavy (non-hydrogen) atoms. The average molecular weight is 348 g/mol. The van der Waals surface area contributed by atoms with Gasteiger partial charge in [0.25, 0.3) is 0 Å². The van der Waals surface area contributed by atoms with Crippen molar-refractivity contribution in [1.82, 2.24) is 9.88 Å². The number of pyridine rings is 1. The molecule has 134 valence electrons. The van der Waals surface area contributed by atoms with Crippen molar-refractivity contribution < 1.29 is 4.74 Å². The van der Waals surface area contributed by atoms with E-state index in [4.69, 9.17) is 4.74 Å². The Morgan fingerprint density at radius 1 is 1.08 bits per heavy atom. The smallest absolute Gasteiger partial charge is 0.250 e. The number of nitrogens with zero attached hydrogens (tertiary/aromatic N) is 1. The van der Waals surface area contributed by atoms with Crippen LogP contribution in [0.2, 0.25) is 0 Å². The molecule has 0 saturated heterocycles. The van der Waals surface area contributed by atoms with Gasteiger partial charge in [-0.25, -0.2) is 0 Å². The lowest BCUT2D eigenvalue weighted by Gasteiger charge is -2.16. The van der Waals surface area contributed by atoms with Crippen molar-refractivity contribution in [2.24, 2.45) is 7.05 Å². The molecule has 0 radical (unpaired) electrons. The summed E-state index contributed by atoms with van der Waals surface area (Å²) in [5, 5.41) is 3.56. The predicted octanol–water partition coefficient (Wildman–Crippen LogP) is 3.91. The van der Waals surface area contributed by atoms with E-state index in [0.717, 1.165) is 29.0 Å². The number of nitrogens with one attached hydrogen (secondary N) is 1. The van der Waals surface area contributed by atoms with Crippen LogP contribution in [0.3, 0.4) is 0 Å². The van der Waals surface area contributed by atoms with Crippen molar-refractivity contribution in [1.29, 1.82) is 0 Å². The monoisotopic (exact) mass is 348 g/mol. The minimum absolute atomic E-state index is 0.0257. The van der Waals surface area contributed by atoms with Gasteiger partial charge in [-0.3, -0.25) is 4.79 Å². The topological polar surface area (TPSA) is 43.3 Å². The van der Waals surface area contributed by atoms with Gasteiger partial charge in [-0.1, -0.05) is 36.4 Å². The van der Waals surface area contributed by atoms with Crippen LogP contribution in [0.1, 0.15) is 24.1 Å². The highest BCUT2D eigenvalue weighted by molar-refractivity contribution is 5.70. The zero-order valence-electron chi connectivity index (χ0n) is 15.4. The number of aryl methyl sites for hydroxylation is 1. The fourth-order valence-electron chi connectivity index (χ4n) is 2.97. The zero-order chi connectivity index (χ0) is 18.5. The van der Waals surface area contributed by atoms with Crippen molar-refractivity contribution in [3.63, 3.8) is 0 Å². The van der Waals surface area contributed by atoms with Gasteiger partial charge in [0.2, 0.25) is 5.56 Å². The molecule has 1 N–H and O–H groups in total. The molecule has 0 saturated carbocycles. The van der Waals surface area contributed by atoms with Crippen molar-refractivity contribution >= 4 is 0 Å². The number of benzene rings is 2. The lowest BCUT2D eigenvalue weighted by Crippen LogP contribution is -2.18. The van der Waals surface area contributed by atoms with Gasteiger partial charge in [0.1, 0.15) is 5.75 Å². The zero-order valence-corrected chi connectivity index (χ0v) is 15.4. The average Bonchev–Trinajstić information content (AvgIpc) is 2.68. The van der Waals surface area contributed by atoms with E-state index < -0.39 is 0 Å². The van der Waals surface area contributed by atoms with Crippen molar-refractivity contribution in [3.05, 3.63) is 88.3 Å². The standard InChI is InChI=1S/C22H24N2O2/c1-16(18-7-5-4-6-8-18)23-14-17-9-11-21(26-3)20(13-17)19-10-12-22(25)24(2)15-19/h4-13,15-16,23H,14H2,1-3H3/t16-/m1/s1. The number of aromatic nitrogens is 1. The molecule has 0 aliphatic rings. The molecular weight excluding hydrogens is 324 g/mol. The molecule has 1 aromatic heterocycles. The Bertz CT molecular complexity index is 932.